The van der Waals surface area contributed by atoms with Crippen molar-refractivity contribution < 1.29 is 14.3 Å². The van der Waals surface area contributed by atoms with Gasteiger partial charge in [0.2, 0.25) is 0 Å². The molecule has 0 spiro atoms. The number of hydrogen-bond acceptors (Lipinski definition) is 3. The standard InChI is InChI=1S/C21H26O3/c1-2-3-4-6-11-19-12-14-20(15-13-19)24-21(22)23-17-16-18-9-7-5-8-10-18/h5,7-10,12-15H,2-4,6,11,16-17H2,1H3. The minimum Gasteiger partial charge on any atom is -0.434 e. The van der Waals surface area contributed by atoms with E-state index in [-0.39, 0.29) is 0 Å². The molecule has 0 radical (unpaired) electrons. The fourth-order valence-electron chi connectivity index (χ4n) is 2.50. The molecule has 3 heteroatoms. The number of benzene rings is 2. The van der Waals surface area contributed by atoms with Gasteiger partial charge in [0.15, 0.2) is 0 Å². The molecule has 0 bridgehead atoms. The highest BCUT2D eigenvalue weighted by Crippen LogP contribution is 2.15. The summed E-state index contributed by atoms with van der Waals surface area (Å²) >= 11 is 0. The Bertz CT molecular complexity index is 590. The fourth-order valence-corrected chi connectivity index (χ4v) is 2.50. The third-order valence-corrected chi connectivity index (χ3v) is 3.90. The summed E-state index contributed by atoms with van der Waals surface area (Å²) < 4.78 is 10.3. The van der Waals surface area contributed by atoms with Crippen LogP contribution in [-0.4, -0.2) is 12.8 Å². The summed E-state index contributed by atoms with van der Waals surface area (Å²) in [5.74, 6) is 0.525. The third kappa shape index (κ3) is 6.86. The molecule has 0 fully saturated rings. The van der Waals surface area contributed by atoms with Gasteiger partial charge in [-0.3, -0.25) is 0 Å². The average molecular weight is 326 g/mol. The van der Waals surface area contributed by atoms with E-state index in [2.05, 4.69) is 6.92 Å². The second-order valence-electron chi connectivity index (χ2n) is 5.89. The van der Waals surface area contributed by atoms with Crippen molar-refractivity contribution in [3.8, 4) is 5.75 Å². The highest BCUT2D eigenvalue weighted by Gasteiger charge is 2.06. The van der Waals surface area contributed by atoms with Crippen LogP contribution in [0, 0.1) is 0 Å². The monoisotopic (exact) mass is 326 g/mol. The Labute approximate surface area is 144 Å². The number of hydrogen-bond donors (Lipinski definition) is 0. The number of carbonyl (C=O) groups is 1. The summed E-state index contributed by atoms with van der Waals surface area (Å²) in [6.45, 7) is 2.53. The molecule has 0 atom stereocenters. The van der Waals surface area contributed by atoms with Crippen molar-refractivity contribution in [2.24, 2.45) is 0 Å². The molecule has 0 saturated carbocycles. The highest BCUT2D eigenvalue weighted by atomic mass is 16.7. The Hall–Kier alpha value is -2.29. The Morgan fingerprint density at radius 1 is 0.833 bits per heavy atom. The summed E-state index contributed by atoms with van der Waals surface area (Å²) in [6, 6.07) is 17.6. The molecule has 0 aromatic heterocycles. The van der Waals surface area contributed by atoms with Crippen molar-refractivity contribution >= 4 is 6.16 Å². The first-order valence-electron chi connectivity index (χ1n) is 8.75. The van der Waals surface area contributed by atoms with E-state index in [1.54, 1.807) is 0 Å². The van der Waals surface area contributed by atoms with E-state index in [9.17, 15) is 4.79 Å². The molecule has 0 aliphatic rings. The number of ether oxygens (including phenoxy) is 2. The van der Waals surface area contributed by atoms with E-state index in [4.69, 9.17) is 9.47 Å². The summed E-state index contributed by atoms with van der Waals surface area (Å²) in [5.41, 5.74) is 2.41. The molecule has 2 aromatic rings. The second-order valence-corrected chi connectivity index (χ2v) is 5.89. The van der Waals surface area contributed by atoms with Crippen LogP contribution in [0.15, 0.2) is 54.6 Å². The van der Waals surface area contributed by atoms with Gasteiger partial charge in [0, 0.05) is 6.42 Å². The van der Waals surface area contributed by atoms with Crippen LogP contribution >= 0.6 is 0 Å². The smallest absolute Gasteiger partial charge is 0.434 e. The number of carbonyl (C=O) groups excluding carboxylic acids is 1. The molecular weight excluding hydrogens is 300 g/mol. The summed E-state index contributed by atoms with van der Waals surface area (Å²) in [5, 5.41) is 0. The summed E-state index contributed by atoms with van der Waals surface area (Å²) in [4.78, 5) is 11.7. The number of unbranched alkanes of at least 4 members (excludes halogenated alkanes) is 3. The second kappa shape index (κ2) is 10.5. The maximum atomic E-state index is 11.7. The van der Waals surface area contributed by atoms with Crippen LogP contribution < -0.4 is 4.74 Å². The van der Waals surface area contributed by atoms with Gasteiger partial charge >= 0.3 is 6.16 Å². The Balaban J connectivity index is 1.67. The fraction of sp³-hybridized carbons (Fsp3) is 0.381. The van der Waals surface area contributed by atoms with E-state index < -0.39 is 6.16 Å². The van der Waals surface area contributed by atoms with Crippen molar-refractivity contribution in [3.05, 3.63) is 65.7 Å². The molecule has 3 nitrogen and oxygen atoms in total. The van der Waals surface area contributed by atoms with Gasteiger partial charge in [-0.1, -0.05) is 68.7 Å². The van der Waals surface area contributed by atoms with Gasteiger partial charge in [-0.05, 0) is 36.1 Å². The first-order chi connectivity index (χ1) is 11.8. The molecule has 0 amide bonds. The topological polar surface area (TPSA) is 35.5 Å². The lowest BCUT2D eigenvalue weighted by molar-refractivity contribution is 0.100. The largest absolute Gasteiger partial charge is 0.513 e. The SMILES string of the molecule is CCCCCCc1ccc(OC(=O)OCCc2ccccc2)cc1. The average Bonchev–Trinajstić information content (AvgIpc) is 2.61. The van der Waals surface area contributed by atoms with Crippen LogP contribution in [0.3, 0.4) is 0 Å². The molecule has 128 valence electrons. The van der Waals surface area contributed by atoms with Crippen molar-refractivity contribution in [1.29, 1.82) is 0 Å². The first kappa shape index (κ1) is 18.1. The van der Waals surface area contributed by atoms with Gasteiger partial charge in [0.25, 0.3) is 0 Å². The van der Waals surface area contributed by atoms with Gasteiger partial charge in [-0.25, -0.2) is 4.79 Å². The summed E-state index contributed by atoms with van der Waals surface area (Å²) in [7, 11) is 0. The Morgan fingerprint density at radius 2 is 1.54 bits per heavy atom. The van der Waals surface area contributed by atoms with Crippen LogP contribution in [0.25, 0.3) is 0 Å². The van der Waals surface area contributed by atoms with Crippen LogP contribution in [0.2, 0.25) is 0 Å². The predicted molar refractivity (Wildman–Crippen MR) is 96.4 cm³/mol. The van der Waals surface area contributed by atoms with Crippen LogP contribution in [0.4, 0.5) is 4.79 Å². The first-order valence-corrected chi connectivity index (χ1v) is 8.75. The minimum absolute atomic E-state index is 0.318. The van der Waals surface area contributed by atoms with Gasteiger partial charge in [-0.15, -0.1) is 0 Å². The van der Waals surface area contributed by atoms with E-state index in [1.807, 2.05) is 54.6 Å². The molecule has 0 saturated heterocycles. The van der Waals surface area contributed by atoms with Crippen LogP contribution in [-0.2, 0) is 17.6 Å². The van der Waals surface area contributed by atoms with Crippen LogP contribution in [0.5, 0.6) is 5.75 Å². The zero-order valence-corrected chi connectivity index (χ0v) is 14.4. The minimum atomic E-state index is -0.651. The number of aryl methyl sites for hydroxylation is 1. The zero-order valence-electron chi connectivity index (χ0n) is 14.4. The van der Waals surface area contributed by atoms with E-state index in [1.165, 1.54) is 31.2 Å². The van der Waals surface area contributed by atoms with Crippen LogP contribution in [0.1, 0.15) is 43.7 Å². The van der Waals surface area contributed by atoms with Gasteiger partial charge in [0.05, 0.1) is 6.61 Å². The molecule has 0 aliphatic carbocycles. The van der Waals surface area contributed by atoms with E-state index >= 15 is 0 Å². The molecule has 0 heterocycles. The summed E-state index contributed by atoms with van der Waals surface area (Å²) in [6.07, 6.45) is 6.11. The molecule has 0 unspecified atom stereocenters. The molecule has 0 aliphatic heterocycles. The number of rotatable bonds is 9. The molecule has 2 aromatic carbocycles. The zero-order chi connectivity index (χ0) is 17.0. The van der Waals surface area contributed by atoms with Gasteiger partial charge in [0.1, 0.15) is 5.75 Å². The molecule has 24 heavy (non-hydrogen) atoms. The van der Waals surface area contributed by atoms with Crippen molar-refractivity contribution in [3.63, 3.8) is 0 Å². The lowest BCUT2D eigenvalue weighted by Gasteiger charge is -2.07. The van der Waals surface area contributed by atoms with E-state index in [0.717, 1.165) is 12.0 Å². The van der Waals surface area contributed by atoms with Gasteiger partial charge < -0.3 is 9.47 Å². The van der Waals surface area contributed by atoms with Gasteiger partial charge in [-0.2, -0.15) is 0 Å². The Morgan fingerprint density at radius 3 is 2.25 bits per heavy atom. The van der Waals surface area contributed by atoms with Crippen molar-refractivity contribution in [2.75, 3.05) is 6.61 Å². The Kier molecular flexibility index (Phi) is 7.88. The lowest BCUT2D eigenvalue weighted by Crippen LogP contribution is -2.12. The highest BCUT2D eigenvalue weighted by molar-refractivity contribution is 5.63. The van der Waals surface area contributed by atoms with Crippen molar-refractivity contribution in [2.45, 2.75) is 45.4 Å². The molecular formula is C21H26O3. The predicted octanol–water partition coefficient (Wildman–Crippen LogP) is 5.57. The van der Waals surface area contributed by atoms with E-state index in [0.29, 0.717) is 18.8 Å². The third-order valence-electron chi connectivity index (χ3n) is 3.90. The lowest BCUT2D eigenvalue weighted by atomic mass is 10.1. The van der Waals surface area contributed by atoms with Crippen molar-refractivity contribution in [1.82, 2.24) is 0 Å². The maximum absolute atomic E-state index is 11.7. The normalized spacial score (nSPS) is 10.4. The maximum Gasteiger partial charge on any atom is 0.513 e. The molecule has 2 rings (SSSR count). The quantitative estimate of drug-likeness (QED) is 0.343. The molecule has 0 N–H and O–H groups in total.